The lowest BCUT2D eigenvalue weighted by molar-refractivity contribution is -0.131. The summed E-state index contributed by atoms with van der Waals surface area (Å²) in [5.41, 5.74) is 1.05. The lowest BCUT2D eigenvalue weighted by atomic mass is 10.1. The average Bonchev–Trinajstić information content (AvgIpc) is 2.91. The van der Waals surface area contributed by atoms with Crippen molar-refractivity contribution in [1.82, 2.24) is 4.90 Å². The van der Waals surface area contributed by atoms with Crippen LogP contribution in [-0.2, 0) is 4.79 Å². The molecule has 0 aromatic heterocycles. The minimum absolute atomic E-state index is 0.0410. The molecule has 3 nitrogen and oxygen atoms in total. The zero-order valence-corrected chi connectivity index (χ0v) is 11.6. The summed E-state index contributed by atoms with van der Waals surface area (Å²) in [7, 11) is 1.86. The van der Waals surface area contributed by atoms with Gasteiger partial charge in [-0.05, 0) is 43.2 Å². The molecule has 2 rings (SSSR count). The Morgan fingerprint density at radius 3 is 2.67 bits per heavy atom. The summed E-state index contributed by atoms with van der Waals surface area (Å²) in [5.74, 6) is 1.57. The number of thioether (sulfide) groups is 1. The van der Waals surface area contributed by atoms with Gasteiger partial charge in [-0.15, -0.1) is 11.8 Å². The minimum atomic E-state index is 0.0410. The molecule has 0 spiro atoms. The Morgan fingerprint density at radius 2 is 2.11 bits per heavy atom. The maximum Gasteiger partial charge on any atom is 0.235 e. The van der Waals surface area contributed by atoms with Gasteiger partial charge in [0.15, 0.2) is 0 Å². The highest BCUT2D eigenvalue weighted by molar-refractivity contribution is 8.00. The van der Waals surface area contributed by atoms with E-state index in [1.54, 1.807) is 23.9 Å². The molecule has 0 aliphatic carbocycles. The van der Waals surface area contributed by atoms with E-state index in [1.165, 1.54) is 0 Å². The average molecular weight is 265 g/mol. The molecule has 1 aromatic rings. The van der Waals surface area contributed by atoms with Crippen molar-refractivity contribution >= 4 is 17.7 Å². The highest BCUT2D eigenvalue weighted by Crippen LogP contribution is 2.30. The van der Waals surface area contributed by atoms with Crippen LogP contribution in [0.4, 0.5) is 0 Å². The van der Waals surface area contributed by atoms with Crippen LogP contribution in [-0.4, -0.2) is 34.0 Å². The number of carbonyl (C=O) groups is 1. The Labute approximate surface area is 112 Å². The number of phenolic OH excluding ortho intramolecular Hbond substituents is 1. The molecule has 98 valence electrons. The molecule has 18 heavy (non-hydrogen) atoms. The minimum Gasteiger partial charge on any atom is -0.508 e. The van der Waals surface area contributed by atoms with E-state index in [0.717, 1.165) is 24.2 Å². The number of carbonyl (C=O) groups excluding carboxylic acids is 1. The summed E-state index contributed by atoms with van der Waals surface area (Å²) in [6.45, 7) is 2.02. The molecule has 1 fully saturated rings. The molecule has 0 saturated carbocycles. The Balaban J connectivity index is 2.05. The lowest BCUT2D eigenvalue weighted by Crippen LogP contribution is -2.35. The van der Waals surface area contributed by atoms with Gasteiger partial charge in [-0.2, -0.15) is 0 Å². The van der Waals surface area contributed by atoms with Crippen LogP contribution in [0.1, 0.15) is 31.4 Å². The first kappa shape index (κ1) is 13.3. The Morgan fingerprint density at radius 1 is 1.44 bits per heavy atom. The fourth-order valence-corrected chi connectivity index (χ4v) is 3.43. The molecule has 1 aliphatic heterocycles. The molecule has 2 atom stereocenters. The Hall–Kier alpha value is -1.16. The molecular weight excluding hydrogens is 246 g/mol. The third-order valence-electron chi connectivity index (χ3n) is 3.51. The molecular formula is C14H19NO2S. The maximum absolute atomic E-state index is 12.3. The molecule has 1 amide bonds. The summed E-state index contributed by atoms with van der Waals surface area (Å²) in [5, 5.41) is 9.41. The molecule has 1 aromatic carbocycles. The van der Waals surface area contributed by atoms with Gasteiger partial charge < -0.3 is 10.0 Å². The fourth-order valence-electron chi connectivity index (χ4n) is 2.17. The van der Waals surface area contributed by atoms with E-state index in [9.17, 15) is 9.90 Å². The van der Waals surface area contributed by atoms with Crippen LogP contribution in [0.3, 0.4) is 0 Å². The smallest absolute Gasteiger partial charge is 0.235 e. The van der Waals surface area contributed by atoms with Crippen LogP contribution < -0.4 is 0 Å². The van der Waals surface area contributed by atoms with Gasteiger partial charge in [-0.3, -0.25) is 4.79 Å². The van der Waals surface area contributed by atoms with Crippen molar-refractivity contribution in [3.8, 4) is 5.75 Å². The predicted molar refractivity (Wildman–Crippen MR) is 74.8 cm³/mol. The maximum atomic E-state index is 12.3. The molecule has 1 N–H and O–H groups in total. The van der Waals surface area contributed by atoms with Crippen molar-refractivity contribution in [3.63, 3.8) is 0 Å². The van der Waals surface area contributed by atoms with Gasteiger partial charge >= 0.3 is 0 Å². The number of aromatic hydroxyl groups is 1. The van der Waals surface area contributed by atoms with Crippen molar-refractivity contribution in [3.05, 3.63) is 29.8 Å². The van der Waals surface area contributed by atoms with Gasteiger partial charge in [-0.1, -0.05) is 12.1 Å². The molecule has 0 bridgehead atoms. The van der Waals surface area contributed by atoms with E-state index in [1.807, 2.05) is 31.0 Å². The van der Waals surface area contributed by atoms with E-state index in [4.69, 9.17) is 0 Å². The number of amides is 1. The zero-order valence-electron chi connectivity index (χ0n) is 10.8. The Kier molecular flexibility index (Phi) is 4.17. The first-order chi connectivity index (χ1) is 8.59. The van der Waals surface area contributed by atoms with Crippen molar-refractivity contribution in [2.24, 2.45) is 0 Å². The molecule has 1 saturated heterocycles. The molecule has 1 aliphatic rings. The quantitative estimate of drug-likeness (QED) is 0.913. The van der Waals surface area contributed by atoms with Crippen LogP contribution in [0.15, 0.2) is 24.3 Å². The van der Waals surface area contributed by atoms with Crippen LogP contribution in [0.2, 0.25) is 0 Å². The SMILES string of the molecule is CC(c1ccc(O)cc1)N(C)C(=O)C1CCCS1. The van der Waals surface area contributed by atoms with Crippen molar-refractivity contribution in [1.29, 1.82) is 0 Å². The van der Waals surface area contributed by atoms with Gasteiger partial charge in [-0.25, -0.2) is 0 Å². The highest BCUT2D eigenvalue weighted by Gasteiger charge is 2.28. The second-order valence-corrected chi connectivity index (χ2v) is 6.03. The van der Waals surface area contributed by atoms with Crippen molar-refractivity contribution in [2.75, 3.05) is 12.8 Å². The van der Waals surface area contributed by atoms with Gasteiger partial charge in [0.25, 0.3) is 0 Å². The van der Waals surface area contributed by atoms with Crippen LogP contribution in [0.25, 0.3) is 0 Å². The van der Waals surface area contributed by atoms with Gasteiger partial charge in [0.1, 0.15) is 5.75 Å². The topological polar surface area (TPSA) is 40.5 Å². The van der Waals surface area contributed by atoms with E-state index >= 15 is 0 Å². The van der Waals surface area contributed by atoms with E-state index in [2.05, 4.69) is 0 Å². The third-order valence-corrected chi connectivity index (χ3v) is 4.87. The molecule has 4 heteroatoms. The first-order valence-corrected chi connectivity index (χ1v) is 7.31. The fraction of sp³-hybridized carbons (Fsp3) is 0.500. The zero-order chi connectivity index (χ0) is 13.1. The van der Waals surface area contributed by atoms with Gasteiger partial charge in [0.2, 0.25) is 5.91 Å². The number of rotatable bonds is 3. The van der Waals surface area contributed by atoms with E-state index in [-0.39, 0.29) is 22.9 Å². The van der Waals surface area contributed by atoms with E-state index < -0.39 is 0 Å². The highest BCUT2D eigenvalue weighted by atomic mass is 32.2. The summed E-state index contributed by atoms with van der Waals surface area (Å²) in [6.07, 6.45) is 2.14. The largest absolute Gasteiger partial charge is 0.508 e. The van der Waals surface area contributed by atoms with Crippen LogP contribution in [0.5, 0.6) is 5.75 Å². The van der Waals surface area contributed by atoms with Crippen molar-refractivity contribution < 1.29 is 9.90 Å². The van der Waals surface area contributed by atoms with E-state index in [0.29, 0.717) is 0 Å². The second kappa shape index (κ2) is 5.65. The van der Waals surface area contributed by atoms with Gasteiger partial charge in [0, 0.05) is 7.05 Å². The number of benzene rings is 1. The molecule has 2 unspecified atom stereocenters. The van der Waals surface area contributed by atoms with Gasteiger partial charge in [0.05, 0.1) is 11.3 Å². The first-order valence-electron chi connectivity index (χ1n) is 6.27. The van der Waals surface area contributed by atoms with Crippen LogP contribution >= 0.6 is 11.8 Å². The normalized spacial score (nSPS) is 20.7. The lowest BCUT2D eigenvalue weighted by Gasteiger charge is -2.27. The standard InChI is InChI=1S/C14H19NO2S/c1-10(11-5-7-12(16)8-6-11)15(2)14(17)13-4-3-9-18-13/h5-8,10,13,16H,3-4,9H2,1-2H3. The monoisotopic (exact) mass is 265 g/mol. The summed E-state index contributed by atoms with van der Waals surface area (Å²) >= 11 is 1.76. The summed E-state index contributed by atoms with van der Waals surface area (Å²) in [6, 6.07) is 7.10. The number of phenols is 1. The third kappa shape index (κ3) is 2.80. The van der Waals surface area contributed by atoms with Crippen LogP contribution in [0, 0.1) is 0 Å². The number of hydrogen-bond donors (Lipinski definition) is 1. The second-order valence-electron chi connectivity index (χ2n) is 4.72. The summed E-state index contributed by atoms with van der Waals surface area (Å²) < 4.78 is 0. The predicted octanol–water partition coefficient (Wildman–Crippen LogP) is 2.81. The number of hydrogen-bond acceptors (Lipinski definition) is 3. The van der Waals surface area contributed by atoms with Crippen molar-refractivity contribution in [2.45, 2.75) is 31.1 Å². The Bertz CT molecular complexity index is 412. The molecule has 0 radical (unpaired) electrons. The molecule has 1 heterocycles. The summed E-state index contributed by atoms with van der Waals surface area (Å²) in [4.78, 5) is 14.1. The number of nitrogens with zero attached hydrogens (tertiary/aromatic N) is 1.